The molecule has 1 aromatic rings. The SMILES string of the molecule is CC1CCCC1CNCc1cccnc1/C(N)=N/O. The van der Waals surface area contributed by atoms with Crippen LogP contribution in [-0.4, -0.2) is 22.6 Å². The molecule has 0 aromatic carbocycles. The van der Waals surface area contributed by atoms with Crippen LogP contribution < -0.4 is 11.1 Å². The van der Waals surface area contributed by atoms with E-state index in [0.717, 1.165) is 23.9 Å². The molecule has 2 atom stereocenters. The van der Waals surface area contributed by atoms with Crippen molar-refractivity contribution in [1.82, 2.24) is 10.3 Å². The molecule has 2 rings (SSSR count). The summed E-state index contributed by atoms with van der Waals surface area (Å²) >= 11 is 0. The lowest BCUT2D eigenvalue weighted by Crippen LogP contribution is -2.26. The van der Waals surface area contributed by atoms with E-state index in [1.165, 1.54) is 19.3 Å². The van der Waals surface area contributed by atoms with Crippen LogP contribution in [0.5, 0.6) is 0 Å². The van der Waals surface area contributed by atoms with Crippen LogP contribution in [0.25, 0.3) is 0 Å². The number of rotatable bonds is 5. The van der Waals surface area contributed by atoms with E-state index in [4.69, 9.17) is 10.9 Å². The van der Waals surface area contributed by atoms with Gasteiger partial charge < -0.3 is 16.3 Å². The van der Waals surface area contributed by atoms with E-state index in [1.807, 2.05) is 12.1 Å². The van der Waals surface area contributed by atoms with Gasteiger partial charge in [0.25, 0.3) is 0 Å². The molecule has 5 heteroatoms. The van der Waals surface area contributed by atoms with Crippen molar-refractivity contribution >= 4 is 5.84 Å². The van der Waals surface area contributed by atoms with Crippen LogP contribution in [0.3, 0.4) is 0 Å². The number of aromatic nitrogens is 1. The molecular weight excluding hydrogens is 240 g/mol. The van der Waals surface area contributed by atoms with Gasteiger partial charge in [-0.3, -0.25) is 4.98 Å². The normalized spacial score (nSPS) is 23.7. The summed E-state index contributed by atoms with van der Waals surface area (Å²) in [4.78, 5) is 4.16. The van der Waals surface area contributed by atoms with Crippen molar-refractivity contribution in [2.24, 2.45) is 22.7 Å². The van der Waals surface area contributed by atoms with E-state index in [0.29, 0.717) is 12.2 Å². The Balaban J connectivity index is 1.92. The molecule has 1 saturated carbocycles. The van der Waals surface area contributed by atoms with Gasteiger partial charge in [-0.25, -0.2) is 0 Å². The Kier molecular flexibility index (Phi) is 4.74. The van der Waals surface area contributed by atoms with Crippen molar-refractivity contribution in [3.8, 4) is 0 Å². The molecule has 0 saturated heterocycles. The van der Waals surface area contributed by atoms with E-state index < -0.39 is 0 Å². The minimum Gasteiger partial charge on any atom is -0.409 e. The van der Waals surface area contributed by atoms with Gasteiger partial charge in [-0.1, -0.05) is 31.0 Å². The lowest BCUT2D eigenvalue weighted by atomic mass is 9.98. The maximum absolute atomic E-state index is 8.75. The minimum absolute atomic E-state index is 0.0617. The van der Waals surface area contributed by atoms with Crippen molar-refractivity contribution in [1.29, 1.82) is 0 Å². The monoisotopic (exact) mass is 262 g/mol. The molecule has 0 aliphatic heterocycles. The molecule has 0 amide bonds. The van der Waals surface area contributed by atoms with E-state index in [9.17, 15) is 0 Å². The summed E-state index contributed by atoms with van der Waals surface area (Å²) in [5, 5.41) is 15.2. The number of hydrogen-bond acceptors (Lipinski definition) is 4. The van der Waals surface area contributed by atoms with Crippen LogP contribution in [0, 0.1) is 11.8 Å². The van der Waals surface area contributed by atoms with Crippen molar-refractivity contribution < 1.29 is 5.21 Å². The Morgan fingerprint density at radius 3 is 3.11 bits per heavy atom. The zero-order valence-electron chi connectivity index (χ0n) is 11.3. The molecular formula is C14H22N4O. The fourth-order valence-corrected chi connectivity index (χ4v) is 2.78. The summed E-state index contributed by atoms with van der Waals surface area (Å²) in [6.45, 7) is 4.04. The average molecular weight is 262 g/mol. The fraction of sp³-hybridized carbons (Fsp3) is 0.571. The third-order valence-electron chi connectivity index (χ3n) is 4.00. The first-order chi connectivity index (χ1) is 9.22. The van der Waals surface area contributed by atoms with Crippen molar-refractivity contribution in [2.75, 3.05) is 6.54 Å². The molecule has 1 aliphatic rings. The molecule has 1 fully saturated rings. The standard InChI is InChI=1S/C14H22N4O/c1-10-4-2-5-11(10)8-16-9-12-6-3-7-17-13(12)14(15)18-19/h3,6-7,10-11,16,19H,2,4-5,8-9H2,1H3,(H2,15,18). The van der Waals surface area contributed by atoms with Gasteiger partial charge in [-0.05, 0) is 36.4 Å². The number of pyridine rings is 1. The lowest BCUT2D eigenvalue weighted by Gasteiger charge is -2.16. The van der Waals surface area contributed by atoms with Crippen molar-refractivity contribution in [2.45, 2.75) is 32.7 Å². The summed E-state index contributed by atoms with van der Waals surface area (Å²) in [6.07, 6.45) is 5.65. The largest absolute Gasteiger partial charge is 0.409 e. The first kappa shape index (κ1) is 13.8. The molecule has 104 valence electrons. The molecule has 2 unspecified atom stereocenters. The van der Waals surface area contributed by atoms with Crippen molar-refractivity contribution in [3.05, 3.63) is 29.6 Å². The molecule has 1 aromatic heterocycles. The number of oxime groups is 1. The van der Waals surface area contributed by atoms with Gasteiger partial charge in [0.1, 0.15) is 5.69 Å². The molecule has 1 aliphatic carbocycles. The topological polar surface area (TPSA) is 83.5 Å². The van der Waals surface area contributed by atoms with Crippen LogP contribution in [0.4, 0.5) is 0 Å². The number of amidine groups is 1. The van der Waals surface area contributed by atoms with Crippen LogP contribution in [0.2, 0.25) is 0 Å². The summed E-state index contributed by atoms with van der Waals surface area (Å²) in [7, 11) is 0. The zero-order chi connectivity index (χ0) is 13.7. The molecule has 19 heavy (non-hydrogen) atoms. The highest BCUT2D eigenvalue weighted by Crippen LogP contribution is 2.30. The summed E-state index contributed by atoms with van der Waals surface area (Å²) in [5.74, 6) is 1.64. The van der Waals surface area contributed by atoms with E-state index in [1.54, 1.807) is 6.20 Å². The Labute approximate surface area is 113 Å². The van der Waals surface area contributed by atoms with Gasteiger partial charge in [0, 0.05) is 12.7 Å². The van der Waals surface area contributed by atoms with Gasteiger partial charge in [-0.15, -0.1) is 0 Å². The number of hydrogen-bond donors (Lipinski definition) is 3. The highest BCUT2D eigenvalue weighted by molar-refractivity contribution is 5.96. The lowest BCUT2D eigenvalue weighted by molar-refractivity contribution is 0.318. The number of nitrogens with zero attached hydrogens (tertiary/aromatic N) is 2. The van der Waals surface area contributed by atoms with Gasteiger partial charge in [0.05, 0.1) is 0 Å². The summed E-state index contributed by atoms with van der Waals surface area (Å²) in [6, 6.07) is 3.81. The molecule has 5 nitrogen and oxygen atoms in total. The predicted molar refractivity (Wildman–Crippen MR) is 75.0 cm³/mol. The Morgan fingerprint density at radius 1 is 1.58 bits per heavy atom. The van der Waals surface area contributed by atoms with Crippen LogP contribution in [0.15, 0.2) is 23.5 Å². The van der Waals surface area contributed by atoms with Gasteiger partial charge in [0.15, 0.2) is 5.84 Å². The second kappa shape index (κ2) is 6.52. The highest BCUT2D eigenvalue weighted by Gasteiger charge is 2.22. The fourth-order valence-electron chi connectivity index (χ4n) is 2.78. The minimum atomic E-state index is 0.0617. The smallest absolute Gasteiger partial charge is 0.189 e. The van der Waals surface area contributed by atoms with Crippen molar-refractivity contribution in [3.63, 3.8) is 0 Å². The van der Waals surface area contributed by atoms with Gasteiger partial charge in [0.2, 0.25) is 0 Å². The van der Waals surface area contributed by atoms with Crippen LogP contribution in [-0.2, 0) is 6.54 Å². The number of nitrogens with two attached hydrogens (primary N) is 1. The van der Waals surface area contributed by atoms with Gasteiger partial charge in [-0.2, -0.15) is 0 Å². The van der Waals surface area contributed by atoms with E-state index in [-0.39, 0.29) is 5.84 Å². The Hall–Kier alpha value is -1.62. The van der Waals surface area contributed by atoms with E-state index >= 15 is 0 Å². The first-order valence-electron chi connectivity index (χ1n) is 6.85. The average Bonchev–Trinajstić information content (AvgIpc) is 2.84. The van der Waals surface area contributed by atoms with Gasteiger partial charge >= 0.3 is 0 Å². The maximum Gasteiger partial charge on any atom is 0.189 e. The summed E-state index contributed by atoms with van der Waals surface area (Å²) < 4.78 is 0. The Morgan fingerprint density at radius 2 is 2.42 bits per heavy atom. The first-order valence-corrected chi connectivity index (χ1v) is 6.85. The van der Waals surface area contributed by atoms with Crippen LogP contribution in [0.1, 0.15) is 37.4 Å². The quantitative estimate of drug-likeness (QED) is 0.326. The second-order valence-corrected chi connectivity index (χ2v) is 5.30. The maximum atomic E-state index is 8.75. The third kappa shape index (κ3) is 3.44. The van der Waals surface area contributed by atoms with Crippen LogP contribution >= 0.6 is 0 Å². The van der Waals surface area contributed by atoms with E-state index in [2.05, 4.69) is 22.4 Å². The Bertz CT molecular complexity index is 447. The zero-order valence-corrected chi connectivity index (χ0v) is 11.3. The summed E-state index contributed by atoms with van der Waals surface area (Å²) in [5.41, 5.74) is 7.14. The molecule has 0 bridgehead atoms. The molecule has 4 N–H and O–H groups in total. The third-order valence-corrected chi connectivity index (χ3v) is 4.00. The highest BCUT2D eigenvalue weighted by atomic mass is 16.4. The molecule has 0 spiro atoms. The predicted octanol–water partition coefficient (Wildman–Crippen LogP) is 1.70. The second-order valence-electron chi connectivity index (χ2n) is 5.30. The number of nitrogens with one attached hydrogen (secondary N) is 1. The molecule has 1 heterocycles. The molecule has 0 radical (unpaired) electrons.